The molecule has 156 valence electrons. The molecule has 1 aromatic rings. The molecule has 2 rings (SSSR count). The largest absolute Gasteiger partial charge is 0.481 e. The summed E-state index contributed by atoms with van der Waals surface area (Å²) in [4.78, 5) is 11.2. The van der Waals surface area contributed by atoms with Crippen molar-refractivity contribution in [1.82, 2.24) is 0 Å². The van der Waals surface area contributed by atoms with Crippen LogP contribution in [-0.4, -0.2) is 32.1 Å². The van der Waals surface area contributed by atoms with Crippen LogP contribution in [0.15, 0.2) is 30.9 Å². The van der Waals surface area contributed by atoms with Gasteiger partial charge in [0, 0.05) is 6.07 Å². The number of hydrogen-bond donors (Lipinski definition) is 0. The van der Waals surface area contributed by atoms with E-state index in [1.54, 1.807) is 18.2 Å². The van der Waals surface area contributed by atoms with Crippen molar-refractivity contribution in [3.8, 4) is 5.75 Å². The maximum atomic E-state index is 11.6. The van der Waals surface area contributed by atoms with Crippen molar-refractivity contribution < 1.29 is 18.8 Å². The Morgan fingerprint density at radius 1 is 1.29 bits per heavy atom. The average Bonchev–Trinajstić information content (AvgIpc) is 3.05. The number of nitrogens with zero attached hydrogens (tertiary/aromatic N) is 1. The fraction of sp³-hybridized carbons (Fsp3) is 0.619. The van der Waals surface area contributed by atoms with Crippen LogP contribution < -0.4 is 4.74 Å². The number of hydrogen-bond acceptors (Lipinski definition) is 5. The van der Waals surface area contributed by atoms with Crippen LogP contribution in [0.1, 0.15) is 45.6 Å². The number of nitro benzene ring substituents is 1. The fourth-order valence-electron chi connectivity index (χ4n) is 2.95. The molecule has 6 nitrogen and oxygen atoms in total. The Bertz CT molecular complexity index is 699. The molecule has 0 bridgehead atoms. The number of nitro groups is 1. The van der Waals surface area contributed by atoms with E-state index in [1.165, 1.54) is 0 Å². The smallest absolute Gasteiger partial charge is 0.311 e. The molecule has 0 radical (unpaired) electrons. The fourth-order valence-corrected chi connectivity index (χ4v) is 3.91. The van der Waals surface area contributed by atoms with E-state index in [1.807, 2.05) is 6.07 Å². The van der Waals surface area contributed by atoms with Crippen LogP contribution in [-0.2, 0) is 15.8 Å². The third-order valence-electron chi connectivity index (χ3n) is 5.72. The highest BCUT2D eigenvalue weighted by atomic mass is 28.4. The number of ether oxygens (including phenoxy) is 2. The Labute approximate surface area is 169 Å². The highest BCUT2D eigenvalue weighted by molar-refractivity contribution is 6.74. The van der Waals surface area contributed by atoms with Gasteiger partial charge in [0.05, 0.1) is 24.2 Å². The molecule has 1 aromatic carbocycles. The van der Waals surface area contributed by atoms with Gasteiger partial charge in [0.2, 0.25) is 0 Å². The van der Waals surface area contributed by atoms with Gasteiger partial charge in [-0.2, -0.15) is 0 Å². The van der Waals surface area contributed by atoms with E-state index in [2.05, 4.69) is 40.4 Å². The third kappa shape index (κ3) is 5.65. The predicted molar refractivity (Wildman–Crippen MR) is 113 cm³/mol. The molecule has 1 aliphatic carbocycles. The maximum Gasteiger partial charge on any atom is 0.311 e. The zero-order valence-electron chi connectivity index (χ0n) is 17.7. The highest BCUT2D eigenvalue weighted by Crippen LogP contribution is 2.38. The van der Waals surface area contributed by atoms with Crippen molar-refractivity contribution >= 4 is 14.0 Å². The Kier molecular flexibility index (Phi) is 7.42. The molecule has 2 atom stereocenters. The summed E-state index contributed by atoms with van der Waals surface area (Å²) in [6, 6.07) is 5.10. The van der Waals surface area contributed by atoms with E-state index in [0.29, 0.717) is 19.0 Å². The van der Waals surface area contributed by atoms with Gasteiger partial charge < -0.3 is 13.9 Å². The molecule has 0 amide bonds. The summed E-state index contributed by atoms with van der Waals surface area (Å²) in [5.41, 5.74) is 0.764. The maximum absolute atomic E-state index is 11.6. The predicted octanol–water partition coefficient (Wildman–Crippen LogP) is 5.62. The quantitative estimate of drug-likeness (QED) is 0.230. The Balaban J connectivity index is 2.12. The van der Waals surface area contributed by atoms with E-state index < -0.39 is 8.32 Å². The molecule has 0 aliphatic heterocycles. The van der Waals surface area contributed by atoms with Crippen LogP contribution >= 0.6 is 0 Å². The molecular weight excluding hydrogens is 374 g/mol. The zero-order valence-corrected chi connectivity index (χ0v) is 18.7. The summed E-state index contributed by atoms with van der Waals surface area (Å²) in [6.45, 7) is 15.3. The molecule has 0 aromatic heterocycles. The Morgan fingerprint density at radius 2 is 1.96 bits per heavy atom. The zero-order chi connectivity index (χ0) is 20.9. The lowest BCUT2D eigenvalue weighted by atomic mass is 10.2. The van der Waals surface area contributed by atoms with Crippen LogP contribution in [0.4, 0.5) is 5.69 Å². The summed E-state index contributed by atoms with van der Waals surface area (Å²) in [7, 11) is -1.92. The molecule has 0 saturated heterocycles. The molecular formula is C21H33NO5Si. The second kappa shape index (κ2) is 9.20. The standard InChI is InChI=1S/C21H33NO5Si/c1-7-13-25-19-9-8-10-20(19)27-18-12-11-16(14-17(18)22(23)24)15-26-28(5,6)21(2,3)4/h7,11-12,14,19-20H,1,8-10,13,15H2,2-6H3/t19-,20-/m0/s1. The first-order chi connectivity index (χ1) is 13.0. The molecule has 7 heteroatoms. The van der Waals surface area contributed by atoms with Gasteiger partial charge in [-0.25, -0.2) is 0 Å². The normalized spacial score (nSPS) is 20.2. The monoisotopic (exact) mass is 407 g/mol. The van der Waals surface area contributed by atoms with Crippen LogP contribution in [0.3, 0.4) is 0 Å². The average molecular weight is 408 g/mol. The summed E-state index contributed by atoms with van der Waals surface area (Å²) < 4.78 is 17.9. The van der Waals surface area contributed by atoms with Crippen molar-refractivity contribution in [2.24, 2.45) is 0 Å². The van der Waals surface area contributed by atoms with Crippen LogP contribution in [0.25, 0.3) is 0 Å². The molecule has 28 heavy (non-hydrogen) atoms. The topological polar surface area (TPSA) is 70.8 Å². The van der Waals surface area contributed by atoms with Gasteiger partial charge >= 0.3 is 5.69 Å². The van der Waals surface area contributed by atoms with E-state index in [4.69, 9.17) is 13.9 Å². The minimum absolute atomic E-state index is 0.0225. The third-order valence-corrected chi connectivity index (χ3v) is 10.2. The summed E-state index contributed by atoms with van der Waals surface area (Å²) in [5, 5.41) is 11.7. The van der Waals surface area contributed by atoms with Crippen molar-refractivity contribution in [2.45, 2.75) is 77.0 Å². The first-order valence-electron chi connectivity index (χ1n) is 9.85. The summed E-state index contributed by atoms with van der Waals surface area (Å²) in [5.74, 6) is 0.292. The van der Waals surface area contributed by atoms with Crippen molar-refractivity contribution in [3.05, 3.63) is 46.5 Å². The van der Waals surface area contributed by atoms with E-state index in [-0.39, 0.29) is 27.9 Å². The van der Waals surface area contributed by atoms with Gasteiger partial charge in [0.1, 0.15) is 6.10 Å². The van der Waals surface area contributed by atoms with Crippen LogP contribution in [0, 0.1) is 10.1 Å². The minimum atomic E-state index is -1.92. The molecule has 0 N–H and O–H groups in total. The van der Waals surface area contributed by atoms with Crippen LogP contribution in [0.5, 0.6) is 5.75 Å². The van der Waals surface area contributed by atoms with Gasteiger partial charge in [-0.05, 0) is 49.0 Å². The summed E-state index contributed by atoms with van der Waals surface area (Å²) in [6.07, 6.45) is 4.18. The molecule has 1 saturated carbocycles. The van der Waals surface area contributed by atoms with Gasteiger partial charge in [-0.15, -0.1) is 6.58 Å². The number of rotatable bonds is 9. The second-order valence-electron chi connectivity index (χ2n) is 8.86. The van der Waals surface area contributed by atoms with E-state index in [0.717, 1.165) is 24.8 Å². The Hall–Kier alpha value is -1.70. The van der Waals surface area contributed by atoms with E-state index in [9.17, 15) is 10.1 Å². The SMILES string of the molecule is C=CCO[C@H]1CCC[C@@H]1Oc1ccc(CO[Si](C)(C)C(C)(C)C)cc1[N+](=O)[O-]. The second-order valence-corrected chi connectivity index (χ2v) is 13.7. The molecule has 1 aliphatic rings. The van der Waals surface area contributed by atoms with Gasteiger partial charge in [-0.1, -0.05) is 32.9 Å². The molecule has 0 unspecified atom stereocenters. The minimum Gasteiger partial charge on any atom is -0.481 e. The van der Waals surface area contributed by atoms with Gasteiger partial charge in [0.25, 0.3) is 0 Å². The number of benzene rings is 1. The van der Waals surface area contributed by atoms with Gasteiger partial charge in [-0.3, -0.25) is 10.1 Å². The Morgan fingerprint density at radius 3 is 2.57 bits per heavy atom. The lowest BCUT2D eigenvalue weighted by molar-refractivity contribution is -0.386. The molecule has 0 heterocycles. The summed E-state index contributed by atoms with van der Waals surface area (Å²) >= 11 is 0. The molecule has 0 spiro atoms. The molecule has 1 fully saturated rings. The lowest BCUT2D eigenvalue weighted by Gasteiger charge is -2.36. The first-order valence-corrected chi connectivity index (χ1v) is 12.8. The van der Waals surface area contributed by atoms with Crippen molar-refractivity contribution in [2.75, 3.05) is 6.61 Å². The van der Waals surface area contributed by atoms with Crippen LogP contribution in [0.2, 0.25) is 18.1 Å². The highest BCUT2D eigenvalue weighted by Gasteiger charge is 2.37. The first kappa shape index (κ1) is 22.6. The van der Waals surface area contributed by atoms with Crippen molar-refractivity contribution in [1.29, 1.82) is 0 Å². The van der Waals surface area contributed by atoms with Crippen molar-refractivity contribution in [3.63, 3.8) is 0 Å². The van der Waals surface area contributed by atoms with E-state index >= 15 is 0 Å². The van der Waals surface area contributed by atoms with Gasteiger partial charge in [0.15, 0.2) is 14.1 Å². The lowest BCUT2D eigenvalue weighted by Crippen LogP contribution is -2.40.